The largest absolute Gasteiger partial charge is 0.497 e. The lowest BCUT2D eigenvalue weighted by Gasteiger charge is -2.02. The number of ether oxygens (including phenoxy) is 1. The number of benzene rings is 1. The van der Waals surface area contributed by atoms with Gasteiger partial charge in [0.05, 0.1) is 7.11 Å². The second-order valence-corrected chi connectivity index (χ2v) is 4.61. The van der Waals surface area contributed by atoms with Crippen LogP contribution in [0.3, 0.4) is 0 Å². The summed E-state index contributed by atoms with van der Waals surface area (Å²) in [5.74, 6) is 0.636. The SMILES string of the molecule is COc1ccc2[nH]cc(C(=O)c3cccc(C)n3)c2c1. The Morgan fingerprint density at radius 1 is 1.25 bits per heavy atom. The Morgan fingerprint density at radius 2 is 2.10 bits per heavy atom. The Labute approximate surface area is 116 Å². The van der Waals surface area contributed by atoms with E-state index in [9.17, 15) is 4.79 Å². The molecule has 3 aromatic rings. The van der Waals surface area contributed by atoms with Gasteiger partial charge in [-0.25, -0.2) is 4.98 Å². The van der Waals surface area contributed by atoms with Crippen LogP contribution in [0.1, 0.15) is 21.7 Å². The van der Waals surface area contributed by atoms with Gasteiger partial charge in [-0.15, -0.1) is 0 Å². The predicted molar refractivity (Wildman–Crippen MR) is 77.3 cm³/mol. The van der Waals surface area contributed by atoms with Crippen LogP contribution >= 0.6 is 0 Å². The number of pyridine rings is 1. The molecule has 0 aliphatic heterocycles. The van der Waals surface area contributed by atoms with E-state index in [1.165, 1.54) is 0 Å². The van der Waals surface area contributed by atoms with Crippen molar-refractivity contribution in [3.05, 3.63) is 59.5 Å². The smallest absolute Gasteiger partial charge is 0.213 e. The van der Waals surface area contributed by atoms with Crippen LogP contribution < -0.4 is 4.74 Å². The third kappa shape index (κ3) is 2.05. The number of fused-ring (bicyclic) bond motifs is 1. The highest BCUT2D eigenvalue weighted by atomic mass is 16.5. The highest BCUT2D eigenvalue weighted by Crippen LogP contribution is 2.25. The fourth-order valence-electron chi connectivity index (χ4n) is 2.22. The van der Waals surface area contributed by atoms with Crippen molar-refractivity contribution in [2.24, 2.45) is 0 Å². The summed E-state index contributed by atoms with van der Waals surface area (Å²) in [6.45, 7) is 1.87. The van der Waals surface area contributed by atoms with Crippen LogP contribution in [0.25, 0.3) is 10.9 Å². The van der Waals surface area contributed by atoms with Gasteiger partial charge in [-0.3, -0.25) is 4.79 Å². The lowest BCUT2D eigenvalue weighted by Crippen LogP contribution is -2.04. The maximum atomic E-state index is 12.5. The first kappa shape index (κ1) is 12.4. The van der Waals surface area contributed by atoms with Gasteiger partial charge in [-0.05, 0) is 37.3 Å². The lowest BCUT2D eigenvalue weighted by atomic mass is 10.1. The van der Waals surface area contributed by atoms with Gasteiger partial charge in [0.1, 0.15) is 11.4 Å². The molecule has 1 N–H and O–H groups in total. The van der Waals surface area contributed by atoms with Crippen molar-refractivity contribution in [2.45, 2.75) is 6.92 Å². The number of H-pyrrole nitrogens is 1. The van der Waals surface area contributed by atoms with Gasteiger partial charge in [0.25, 0.3) is 0 Å². The molecule has 0 saturated carbocycles. The molecule has 20 heavy (non-hydrogen) atoms. The van der Waals surface area contributed by atoms with Gasteiger partial charge >= 0.3 is 0 Å². The van der Waals surface area contributed by atoms with Crippen molar-refractivity contribution in [2.75, 3.05) is 7.11 Å². The van der Waals surface area contributed by atoms with Crippen LogP contribution in [-0.4, -0.2) is 22.9 Å². The van der Waals surface area contributed by atoms with E-state index in [0.717, 1.165) is 22.3 Å². The molecular weight excluding hydrogens is 252 g/mol. The third-order valence-corrected chi connectivity index (χ3v) is 3.25. The molecule has 4 nitrogen and oxygen atoms in total. The number of ketones is 1. The molecule has 3 rings (SSSR count). The van der Waals surface area contributed by atoms with Crippen LogP contribution in [0, 0.1) is 6.92 Å². The highest BCUT2D eigenvalue weighted by Gasteiger charge is 2.15. The molecule has 4 heteroatoms. The van der Waals surface area contributed by atoms with E-state index in [2.05, 4.69) is 9.97 Å². The number of hydrogen-bond donors (Lipinski definition) is 1. The average molecular weight is 266 g/mol. The monoisotopic (exact) mass is 266 g/mol. The van der Waals surface area contributed by atoms with Crippen molar-refractivity contribution >= 4 is 16.7 Å². The van der Waals surface area contributed by atoms with E-state index in [4.69, 9.17) is 4.74 Å². The Bertz CT molecular complexity index is 790. The molecule has 0 unspecified atom stereocenters. The van der Waals surface area contributed by atoms with Gasteiger partial charge in [-0.1, -0.05) is 6.07 Å². The first-order valence-electron chi connectivity index (χ1n) is 6.32. The first-order chi connectivity index (χ1) is 9.69. The van der Waals surface area contributed by atoms with Crippen molar-refractivity contribution < 1.29 is 9.53 Å². The zero-order chi connectivity index (χ0) is 14.1. The zero-order valence-corrected chi connectivity index (χ0v) is 11.3. The van der Waals surface area contributed by atoms with Gasteiger partial charge in [0, 0.05) is 28.4 Å². The molecule has 1 aromatic carbocycles. The Morgan fingerprint density at radius 3 is 2.85 bits per heavy atom. The summed E-state index contributed by atoms with van der Waals surface area (Å²) < 4.78 is 5.21. The third-order valence-electron chi connectivity index (χ3n) is 3.25. The molecule has 2 heterocycles. The second-order valence-electron chi connectivity index (χ2n) is 4.61. The first-order valence-corrected chi connectivity index (χ1v) is 6.32. The van der Waals surface area contributed by atoms with E-state index < -0.39 is 0 Å². The minimum absolute atomic E-state index is 0.0896. The van der Waals surface area contributed by atoms with Crippen LogP contribution in [0.2, 0.25) is 0 Å². The van der Waals surface area contributed by atoms with Crippen LogP contribution in [0.4, 0.5) is 0 Å². The fourth-order valence-corrected chi connectivity index (χ4v) is 2.22. The summed E-state index contributed by atoms with van der Waals surface area (Å²) in [7, 11) is 1.61. The maximum Gasteiger partial charge on any atom is 0.213 e. The van der Waals surface area contributed by atoms with Crippen molar-refractivity contribution in [1.82, 2.24) is 9.97 Å². The molecule has 0 bridgehead atoms. The topological polar surface area (TPSA) is 55.0 Å². The molecule has 0 aliphatic rings. The Hall–Kier alpha value is -2.62. The van der Waals surface area contributed by atoms with Crippen molar-refractivity contribution in [1.29, 1.82) is 0 Å². The standard InChI is InChI=1S/C16H14N2O2/c1-10-4-3-5-15(18-10)16(19)13-9-17-14-7-6-11(20-2)8-12(13)14/h3-9,17H,1-2H3. The van der Waals surface area contributed by atoms with E-state index in [1.807, 2.05) is 37.3 Å². The quantitative estimate of drug-likeness (QED) is 0.741. The van der Waals surface area contributed by atoms with Gasteiger partial charge in [0.2, 0.25) is 5.78 Å². The lowest BCUT2D eigenvalue weighted by molar-refractivity contribution is 0.103. The normalized spacial score (nSPS) is 10.7. The summed E-state index contributed by atoms with van der Waals surface area (Å²) in [5.41, 5.74) is 2.79. The Kier molecular flexibility index (Phi) is 2.99. The van der Waals surface area contributed by atoms with Gasteiger partial charge in [-0.2, -0.15) is 0 Å². The number of aryl methyl sites for hydroxylation is 1. The minimum atomic E-state index is -0.0896. The van der Waals surface area contributed by atoms with Gasteiger partial charge in [0.15, 0.2) is 0 Å². The maximum absolute atomic E-state index is 12.5. The van der Waals surface area contributed by atoms with E-state index in [1.54, 1.807) is 19.4 Å². The molecule has 0 atom stereocenters. The van der Waals surface area contributed by atoms with E-state index in [0.29, 0.717) is 11.3 Å². The minimum Gasteiger partial charge on any atom is -0.497 e. The molecule has 100 valence electrons. The number of methoxy groups -OCH3 is 1. The number of nitrogens with zero attached hydrogens (tertiary/aromatic N) is 1. The molecule has 0 spiro atoms. The van der Waals surface area contributed by atoms with Crippen molar-refractivity contribution in [3.8, 4) is 5.75 Å². The summed E-state index contributed by atoms with van der Waals surface area (Å²) in [4.78, 5) is 19.9. The molecule has 0 amide bonds. The van der Waals surface area contributed by atoms with Gasteiger partial charge < -0.3 is 9.72 Å². The number of carbonyl (C=O) groups is 1. The summed E-state index contributed by atoms with van der Waals surface area (Å²) in [6, 6.07) is 11.1. The fraction of sp³-hybridized carbons (Fsp3) is 0.125. The zero-order valence-electron chi connectivity index (χ0n) is 11.3. The molecule has 2 aromatic heterocycles. The number of rotatable bonds is 3. The van der Waals surface area contributed by atoms with Crippen LogP contribution in [-0.2, 0) is 0 Å². The molecule has 0 fully saturated rings. The number of aromatic nitrogens is 2. The average Bonchev–Trinajstić information content (AvgIpc) is 2.89. The molecule has 0 saturated heterocycles. The number of hydrogen-bond acceptors (Lipinski definition) is 3. The molecular formula is C16H14N2O2. The molecule has 0 aliphatic carbocycles. The molecule has 0 radical (unpaired) electrons. The Balaban J connectivity index is 2.12. The van der Waals surface area contributed by atoms with E-state index in [-0.39, 0.29) is 5.78 Å². The second kappa shape index (κ2) is 4.81. The summed E-state index contributed by atoms with van der Waals surface area (Å²) in [5, 5.41) is 0.845. The van der Waals surface area contributed by atoms with E-state index >= 15 is 0 Å². The summed E-state index contributed by atoms with van der Waals surface area (Å²) in [6.07, 6.45) is 1.72. The van der Waals surface area contributed by atoms with Crippen LogP contribution in [0.15, 0.2) is 42.6 Å². The predicted octanol–water partition coefficient (Wildman–Crippen LogP) is 3.11. The van der Waals surface area contributed by atoms with Crippen molar-refractivity contribution in [3.63, 3.8) is 0 Å². The number of carbonyl (C=O) groups excluding carboxylic acids is 1. The summed E-state index contributed by atoms with van der Waals surface area (Å²) >= 11 is 0. The van der Waals surface area contributed by atoms with Crippen LogP contribution in [0.5, 0.6) is 5.75 Å². The highest BCUT2D eigenvalue weighted by molar-refractivity contribution is 6.15. The number of aromatic amines is 1. The number of nitrogens with one attached hydrogen (secondary N) is 1.